The van der Waals surface area contributed by atoms with Gasteiger partial charge in [0.2, 0.25) is 5.91 Å². The molecule has 168 valence electrons. The molecule has 0 aliphatic carbocycles. The number of carbonyl (C=O) groups excluding carboxylic acids is 2. The van der Waals surface area contributed by atoms with Crippen molar-refractivity contribution in [1.82, 2.24) is 20.1 Å². The standard InChI is InChI=1S/C22H31N5O3S/c1-7-10-27-18(12-30-17-11-15(6)8-9-16(17)13(2)3)25-26-22(27)31-19(14(4)5)20(28)24-21(23)29/h7-9,11,13-14,19H,1,10,12H2,2-6H3,(H3,23,24,28,29)/t19-/m0/s1. The molecular weight excluding hydrogens is 414 g/mol. The second-order valence-corrected chi connectivity index (χ2v) is 9.03. The molecular formula is C22H31N5O3S. The lowest BCUT2D eigenvalue weighted by atomic mass is 10.0. The molecule has 1 aromatic carbocycles. The lowest BCUT2D eigenvalue weighted by molar-refractivity contribution is -0.120. The number of aromatic nitrogens is 3. The Labute approximate surface area is 187 Å². The maximum atomic E-state index is 12.4. The molecule has 2 rings (SSSR count). The molecule has 0 aliphatic heterocycles. The number of primary amides is 1. The van der Waals surface area contributed by atoms with Crippen molar-refractivity contribution in [3.8, 4) is 5.75 Å². The predicted octanol–water partition coefficient (Wildman–Crippen LogP) is 3.79. The first-order valence-corrected chi connectivity index (χ1v) is 11.0. The Kier molecular flexibility index (Phi) is 8.67. The van der Waals surface area contributed by atoms with Gasteiger partial charge in [0, 0.05) is 6.54 Å². The number of amides is 3. The van der Waals surface area contributed by atoms with E-state index in [0.29, 0.717) is 23.4 Å². The van der Waals surface area contributed by atoms with Crippen LogP contribution in [0.15, 0.2) is 36.0 Å². The lowest BCUT2D eigenvalue weighted by Crippen LogP contribution is -2.42. The first-order valence-electron chi connectivity index (χ1n) is 10.2. The molecule has 0 saturated heterocycles. The van der Waals surface area contributed by atoms with E-state index in [1.165, 1.54) is 11.8 Å². The number of nitrogens with one attached hydrogen (secondary N) is 1. The molecule has 1 heterocycles. The van der Waals surface area contributed by atoms with Crippen molar-refractivity contribution < 1.29 is 14.3 Å². The fourth-order valence-corrected chi connectivity index (χ4v) is 4.07. The minimum Gasteiger partial charge on any atom is -0.485 e. The van der Waals surface area contributed by atoms with E-state index < -0.39 is 17.2 Å². The van der Waals surface area contributed by atoms with Crippen LogP contribution in [0.3, 0.4) is 0 Å². The fourth-order valence-electron chi connectivity index (χ4n) is 3.01. The Morgan fingerprint density at radius 1 is 1.29 bits per heavy atom. The molecule has 0 unspecified atom stereocenters. The van der Waals surface area contributed by atoms with Crippen LogP contribution < -0.4 is 15.8 Å². The quantitative estimate of drug-likeness (QED) is 0.425. The van der Waals surface area contributed by atoms with E-state index in [0.717, 1.165) is 16.9 Å². The zero-order chi connectivity index (χ0) is 23.1. The minimum atomic E-state index is -0.878. The molecule has 0 spiro atoms. The summed E-state index contributed by atoms with van der Waals surface area (Å²) in [6.07, 6.45) is 1.73. The molecule has 1 aromatic heterocycles. The van der Waals surface area contributed by atoms with Gasteiger partial charge in [0.25, 0.3) is 0 Å². The summed E-state index contributed by atoms with van der Waals surface area (Å²) in [6.45, 7) is 14.5. The van der Waals surface area contributed by atoms with Crippen molar-refractivity contribution in [2.24, 2.45) is 11.7 Å². The van der Waals surface area contributed by atoms with E-state index in [2.05, 4.69) is 48.1 Å². The highest BCUT2D eigenvalue weighted by Crippen LogP contribution is 2.30. The van der Waals surface area contributed by atoms with E-state index >= 15 is 0 Å². The second-order valence-electron chi connectivity index (χ2n) is 7.92. The number of nitrogens with two attached hydrogens (primary N) is 1. The van der Waals surface area contributed by atoms with Crippen LogP contribution in [0.4, 0.5) is 4.79 Å². The van der Waals surface area contributed by atoms with E-state index in [1.807, 2.05) is 31.4 Å². The molecule has 3 amide bonds. The van der Waals surface area contributed by atoms with Crippen molar-refractivity contribution in [1.29, 1.82) is 0 Å². The van der Waals surface area contributed by atoms with E-state index in [4.69, 9.17) is 10.5 Å². The highest BCUT2D eigenvalue weighted by molar-refractivity contribution is 8.00. The highest BCUT2D eigenvalue weighted by Gasteiger charge is 2.27. The number of thioether (sulfide) groups is 1. The van der Waals surface area contributed by atoms with Crippen LogP contribution in [-0.2, 0) is 17.9 Å². The van der Waals surface area contributed by atoms with Gasteiger partial charge in [0.15, 0.2) is 11.0 Å². The van der Waals surface area contributed by atoms with E-state index in [9.17, 15) is 9.59 Å². The van der Waals surface area contributed by atoms with Crippen LogP contribution in [0.1, 0.15) is 50.6 Å². The SMILES string of the molecule is C=CCn1c(COc2cc(C)ccc2C(C)C)nnc1S[C@H](C(=O)NC(N)=O)C(C)C. The van der Waals surface area contributed by atoms with Crippen LogP contribution in [0.25, 0.3) is 0 Å². The third-order valence-electron chi connectivity index (χ3n) is 4.60. The Balaban J connectivity index is 2.26. The number of allylic oxidation sites excluding steroid dienone is 1. The Morgan fingerprint density at radius 3 is 2.58 bits per heavy atom. The summed E-state index contributed by atoms with van der Waals surface area (Å²) in [7, 11) is 0. The van der Waals surface area contributed by atoms with Gasteiger partial charge >= 0.3 is 6.03 Å². The Hall–Kier alpha value is -2.81. The molecule has 0 bridgehead atoms. The summed E-state index contributed by atoms with van der Waals surface area (Å²) in [5.74, 6) is 1.25. The van der Waals surface area contributed by atoms with Gasteiger partial charge in [-0.05, 0) is 36.0 Å². The topological polar surface area (TPSA) is 112 Å². The zero-order valence-corrected chi connectivity index (χ0v) is 19.5. The third kappa shape index (κ3) is 6.58. The predicted molar refractivity (Wildman–Crippen MR) is 122 cm³/mol. The molecule has 0 saturated carbocycles. The van der Waals surface area contributed by atoms with Crippen molar-refractivity contribution >= 4 is 23.7 Å². The van der Waals surface area contributed by atoms with Gasteiger partial charge in [-0.25, -0.2) is 4.79 Å². The molecule has 0 fully saturated rings. The van der Waals surface area contributed by atoms with Gasteiger partial charge in [0.05, 0.1) is 5.25 Å². The number of hydrogen-bond donors (Lipinski definition) is 2. The molecule has 8 nitrogen and oxygen atoms in total. The smallest absolute Gasteiger partial charge is 0.318 e. The third-order valence-corrected chi connectivity index (χ3v) is 6.12. The number of nitrogens with zero attached hydrogens (tertiary/aromatic N) is 3. The number of aryl methyl sites for hydroxylation is 1. The molecule has 31 heavy (non-hydrogen) atoms. The van der Waals surface area contributed by atoms with Crippen LogP contribution in [0, 0.1) is 12.8 Å². The number of carbonyl (C=O) groups is 2. The van der Waals surface area contributed by atoms with Gasteiger partial charge in [0.1, 0.15) is 12.4 Å². The fraction of sp³-hybridized carbons (Fsp3) is 0.455. The van der Waals surface area contributed by atoms with Gasteiger partial charge < -0.3 is 10.5 Å². The van der Waals surface area contributed by atoms with Gasteiger partial charge in [-0.1, -0.05) is 57.7 Å². The number of imide groups is 1. The number of hydrogen-bond acceptors (Lipinski definition) is 6. The summed E-state index contributed by atoms with van der Waals surface area (Å²) >= 11 is 1.23. The molecule has 0 radical (unpaired) electrons. The van der Waals surface area contributed by atoms with Crippen molar-refractivity contribution in [3.63, 3.8) is 0 Å². The summed E-state index contributed by atoms with van der Waals surface area (Å²) < 4.78 is 7.97. The summed E-state index contributed by atoms with van der Waals surface area (Å²) in [6, 6.07) is 5.29. The van der Waals surface area contributed by atoms with Gasteiger partial charge in [-0.15, -0.1) is 16.8 Å². The number of rotatable bonds is 10. The zero-order valence-electron chi connectivity index (χ0n) is 18.7. The monoisotopic (exact) mass is 445 g/mol. The molecule has 0 aliphatic rings. The molecule has 9 heteroatoms. The lowest BCUT2D eigenvalue weighted by Gasteiger charge is -2.19. The van der Waals surface area contributed by atoms with Crippen molar-refractivity contribution in [2.45, 2.75) is 64.1 Å². The Morgan fingerprint density at radius 2 is 2.00 bits per heavy atom. The average molecular weight is 446 g/mol. The maximum absolute atomic E-state index is 12.4. The maximum Gasteiger partial charge on any atom is 0.318 e. The Bertz CT molecular complexity index is 939. The van der Waals surface area contributed by atoms with Crippen molar-refractivity contribution in [2.75, 3.05) is 0 Å². The summed E-state index contributed by atoms with van der Waals surface area (Å²) in [5, 5.41) is 10.7. The second kappa shape index (κ2) is 11.0. The van der Waals surface area contributed by atoms with E-state index in [1.54, 1.807) is 6.08 Å². The van der Waals surface area contributed by atoms with Gasteiger partial charge in [-0.2, -0.15) is 0 Å². The largest absolute Gasteiger partial charge is 0.485 e. The first kappa shape index (κ1) is 24.5. The van der Waals surface area contributed by atoms with Crippen LogP contribution in [0.2, 0.25) is 0 Å². The van der Waals surface area contributed by atoms with E-state index in [-0.39, 0.29) is 12.5 Å². The van der Waals surface area contributed by atoms with Crippen LogP contribution >= 0.6 is 11.8 Å². The molecule has 1 atom stereocenters. The highest BCUT2D eigenvalue weighted by atomic mass is 32.2. The first-order chi connectivity index (χ1) is 14.6. The number of benzene rings is 1. The van der Waals surface area contributed by atoms with Crippen LogP contribution in [-0.4, -0.2) is 32.0 Å². The summed E-state index contributed by atoms with van der Waals surface area (Å²) in [4.78, 5) is 23.5. The molecule has 3 N–H and O–H groups in total. The normalized spacial score (nSPS) is 12.1. The number of ether oxygens (including phenoxy) is 1. The molecule has 2 aromatic rings. The minimum absolute atomic E-state index is 0.0566. The van der Waals surface area contributed by atoms with Crippen LogP contribution in [0.5, 0.6) is 5.75 Å². The number of urea groups is 1. The van der Waals surface area contributed by atoms with Crippen molar-refractivity contribution in [3.05, 3.63) is 47.8 Å². The summed E-state index contributed by atoms with van der Waals surface area (Å²) in [5.41, 5.74) is 7.34. The van der Waals surface area contributed by atoms with Gasteiger partial charge in [-0.3, -0.25) is 14.7 Å². The average Bonchev–Trinajstić information content (AvgIpc) is 3.05.